The van der Waals surface area contributed by atoms with E-state index in [0.717, 1.165) is 25.2 Å². The maximum absolute atomic E-state index is 4.14. The van der Waals surface area contributed by atoms with E-state index in [-0.39, 0.29) is 0 Å². The molecule has 1 N–H and O–H groups in total. The maximum Gasteiger partial charge on any atom is 0.0489 e. The van der Waals surface area contributed by atoms with E-state index >= 15 is 0 Å². The quantitative estimate of drug-likeness (QED) is 0.751. The molecular formula is C11H14N4. The monoisotopic (exact) mass is 202 g/mol. The highest BCUT2D eigenvalue weighted by Crippen LogP contribution is 2.02. The van der Waals surface area contributed by atoms with Crippen LogP contribution in [0, 0.1) is 0 Å². The molecule has 0 amide bonds. The SMILES string of the molecule is c1cnn(CCCNc2ccncc2)c1. The number of nitrogens with zero attached hydrogens (tertiary/aromatic N) is 3. The van der Waals surface area contributed by atoms with E-state index < -0.39 is 0 Å². The molecule has 0 saturated carbocycles. The number of rotatable bonds is 5. The predicted octanol–water partition coefficient (Wildman–Crippen LogP) is 1.78. The minimum absolute atomic E-state index is 0.948. The summed E-state index contributed by atoms with van der Waals surface area (Å²) in [6, 6.07) is 5.87. The van der Waals surface area contributed by atoms with Crippen molar-refractivity contribution in [1.29, 1.82) is 0 Å². The van der Waals surface area contributed by atoms with Gasteiger partial charge in [-0.25, -0.2) is 0 Å². The minimum atomic E-state index is 0.948. The summed E-state index contributed by atoms with van der Waals surface area (Å²) in [4.78, 5) is 3.96. The molecule has 0 fully saturated rings. The van der Waals surface area contributed by atoms with Crippen LogP contribution in [0.5, 0.6) is 0 Å². The average Bonchev–Trinajstić information content (AvgIpc) is 2.79. The molecule has 0 aliphatic rings. The molecule has 0 atom stereocenters. The van der Waals surface area contributed by atoms with Crippen molar-refractivity contribution in [2.75, 3.05) is 11.9 Å². The molecule has 0 saturated heterocycles. The van der Waals surface area contributed by atoms with Crippen molar-refractivity contribution in [3.05, 3.63) is 43.0 Å². The second kappa shape index (κ2) is 5.14. The van der Waals surface area contributed by atoms with Crippen LogP contribution in [0.3, 0.4) is 0 Å². The van der Waals surface area contributed by atoms with Gasteiger partial charge in [0.2, 0.25) is 0 Å². The van der Waals surface area contributed by atoms with Crippen molar-refractivity contribution in [3.8, 4) is 0 Å². The van der Waals surface area contributed by atoms with Gasteiger partial charge >= 0.3 is 0 Å². The van der Waals surface area contributed by atoms with E-state index in [0.29, 0.717) is 0 Å². The Morgan fingerprint density at radius 1 is 1.20 bits per heavy atom. The van der Waals surface area contributed by atoms with Gasteiger partial charge in [0.25, 0.3) is 0 Å². The first kappa shape index (κ1) is 9.71. The van der Waals surface area contributed by atoms with Crippen LogP contribution < -0.4 is 5.32 Å². The molecule has 4 nitrogen and oxygen atoms in total. The summed E-state index contributed by atoms with van der Waals surface area (Å²) in [5, 5.41) is 7.47. The summed E-state index contributed by atoms with van der Waals surface area (Å²) in [6.07, 6.45) is 8.42. The number of aromatic nitrogens is 3. The van der Waals surface area contributed by atoms with Crippen molar-refractivity contribution >= 4 is 5.69 Å². The summed E-state index contributed by atoms with van der Waals surface area (Å²) in [5.74, 6) is 0. The molecule has 0 radical (unpaired) electrons. The number of hydrogen-bond acceptors (Lipinski definition) is 3. The first-order chi connectivity index (χ1) is 7.45. The minimum Gasteiger partial charge on any atom is -0.385 e. The highest BCUT2D eigenvalue weighted by molar-refractivity contribution is 5.40. The topological polar surface area (TPSA) is 42.7 Å². The highest BCUT2D eigenvalue weighted by Gasteiger charge is 1.92. The largest absolute Gasteiger partial charge is 0.385 e. The van der Waals surface area contributed by atoms with Crippen LogP contribution in [0.2, 0.25) is 0 Å². The van der Waals surface area contributed by atoms with Gasteiger partial charge in [-0.3, -0.25) is 9.67 Å². The molecular weight excluding hydrogens is 188 g/mol. The number of aryl methyl sites for hydroxylation is 1. The van der Waals surface area contributed by atoms with Crippen molar-refractivity contribution in [3.63, 3.8) is 0 Å². The van der Waals surface area contributed by atoms with E-state index in [1.165, 1.54) is 0 Å². The Labute approximate surface area is 89.0 Å². The fourth-order valence-corrected chi connectivity index (χ4v) is 1.38. The zero-order valence-corrected chi connectivity index (χ0v) is 8.50. The molecule has 0 aromatic carbocycles. The van der Waals surface area contributed by atoms with Gasteiger partial charge in [-0.15, -0.1) is 0 Å². The van der Waals surface area contributed by atoms with Crippen LogP contribution in [0.15, 0.2) is 43.0 Å². The Morgan fingerprint density at radius 2 is 2.07 bits per heavy atom. The molecule has 0 aliphatic heterocycles. The summed E-state index contributed by atoms with van der Waals surface area (Å²) in [5.41, 5.74) is 1.12. The van der Waals surface area contributed by atoms with Gasteiger partial charge in [0.15, 0.2) is 0 Å². The van der Waals surface area contributed by atoms with Gasteiger partial charge in [-0.05, 0) is 24.6 Å². The summed E-state index contributed by atoms with van der Waals surface area (Å²) < 4.78 is 1.94. The lowest BCUT2D eigenvalue weighted by molar-refractivity contribution is 0.592. The van der Waals surface area contributed by atoms with E-state index in [1.54, 1.807) is 18.6 Å². The van der Waals surface area contributed by atoms with Crippen molar-refractivity contribution in [2.24, 2.45) is 0 Å². The standard InChI is InChI=1S/C11H14N4/c1(9-15-10-2-6-14-15)5-13-11-3-7-12-8-4-11/h2-4,6-8,10H,1,5,9H2,(H,12,13). The van der Waals surface area contributed by atoms with Crippen LogP contribution in [-0.4, -0.2) is 21.3 Å². The van der Waals surface area contributed by atoms with Crippen LogP contribution in [0.4, 0.5) is 5.69 Å². The van der Waals surface area contributed by atoms with Crippen LogP contribution in [0.25, 0.3) is 0 Å². The number of hydrogen-bond donors (Lipinski definition) is 1. The maximum atomic E-state index is 4.14. The first-order valence-electron chi connectivity index (χ1n) is 5.06. The molecule has 2 aromatic rings. The van der Waals surface area contributed by atoms with Gasteiger partial charge in [0.1, 0.15) is 0 Å². The summed E-state index contributed by atoms with van der Waals surface area (Å²) >= 11 is 0. The Kier molecular flexibility index (Phi) is 3.33. The van der Waals surface area contributed by atoms with Crippen molar-refractivity contribution in [1.82, 2.24) is 14.8 Å². The third-order valence-corrected chi connectivity index (χ3v) is 2.13. The lowest BCUT2D eigenvalue weighted by Gasteiger charge is -2.05. The molecule has 2 aromatic heterocycles. The normalized spacial score (nSPS) is 10.1. The Morgan fingerprint density at radius 3 is 2.80 bits per heavy atom. The fraction of sp³-hybridized carbons (Fsp3) is 0.273. The van der Waals surface area contributed by atoms with Crippen LogP contribution in [0.1, 0.15) is 6.42 Å². The molecule has 0 unspecified atom stereocenters. The van der Waals surface area contributed by atoms with Gasteiger partial charge in [-0.1, -0.05) is 0 Å². The van der Waals surface area contributed by atoms with Gasteiger partial charge < -0.3 is 5.32 Å². The third-order valence-electron chi connectivity index (χ3n) is 2.13. The van der Waals surface area contributed by atoms with Gasteiger partial charge in [0.05, 0.1) is 0 Å². The Bertz CT molecular complexity index is 369. The summed E-state index contributed by atoms with van der Waals surface area (Å²) in [7, 11) is 0. The Balaban J connectivity index is 1.68. The molecule has 2 heterocycles. The fourth-order valence-electron chi connectivity index (χ4n) is 1.38. The second-order valence-corrected chi connectivity index (χ2v) is 3.29. The average molecular weight is 202 g/mol. The first-order valence-corrected chi connectivity index (χ1v) is 5.06. The smallest absolute Gasteiger partial charge is 0.0489 e. The molecule has 4 heteroatoms. The van der Waals surface area contributed by atoms with E-state index in [1.807, 2.05) is 29.1 Å². The number of pyridine rings is 1. The lowest BCUT2D eigenvalue weighted by atomic mass is 10.3. The molecule has 0 bridgehead atoms. The lowest BCUT2D eigenvalue weighted by Crippen LogP contribution is -2.06. The molecule has 2 rings (SSSR count). The number of nitrogens with one attached hydrogen (secondary N) is 1. The number of anilines is 1. The van der Waals surface area contributed by atoms with E-state index in [2.05, 4.69) is 15.4 Å². The van der Waals surface area contributed by atoms with Crippen LogP contribution >= 0.6 is 0 Å². The molecule has 15 heavy (non-hydrogen) atoms. The highest BCUT2D eigenvalue weighted by atomic mass is 15.3. The second-order valence-electron chi connectivity index (χ2n) is 3.29. The van der Waals surface area contributed by atoms with Gasteiger partial charge in [0, 0.05) is 43.6 Å². The molecule has 0 spiro atoms. The third kappa shape index (κ3) is 3.09. The van der Waals surface area contributed by atoms with E-state index in [4.69, 9.17) is 0 Å². The van der Waals surface area contributed by atoms with Crippen LogP contribution in [-0.2, 0) is 6.54 Å². The van der Waals surface area contributed by atoms with Crippen molar-refractivity contribution < 1.29 is 0 Å². The summed E-state index contributed by atoms with van der Waals surface area (Å²) in [6.45, 7) is 1.90. The zero-order valence-electron chi connectivity index (χ0n) is 8.50. The zero-order chi connectivity index (χ0) is 10.3. The molecule has 78 valence electrons. The van der Waals surface area contributed by atoms with E-state index in [9.17, 15) is 0 Å². The van der Waals surface area contributed by atoms with Crippen molar-refractivity contribution in [2.45, 2.75) is 13.0 Å². The van der Waals surface area contributed by atoms with Gasteiger partial charge in [-0.2, -0.15) is 5.10 Å². The molecule has 0 aliphatic carbocycles. The Hall–Kier alpha value is -1.84. The predicted molar refractivity (Wildman–Crippen MR) is 59.6 cm³/mol.